The maximum Gasteiger partial charge on any atom is 0.226 e. The Hall–Kier alpha value is -2.53. The molecule has 2 heterocycles. The van der Waals surface area contributed by atoms with E-state index in [9.17, 15) is 4.79 Å². The zero-order valence-electron chi connectivity index (χ0n) is 15.8. The predicted molar refractivity (Wildman–Crippen MR) is 108 cm³/mol. The second kappa shape index (κ2) is 8.65. The molecule has 4 rings (SSSR count). The number of carbonyl (C=O) groups is 1. The lowest BCUT2D eigenvalue weighted by Crippen LogP contribution is -2.35. The van der Waals surface area contributed by atoms with Crippen LogP contribution >= 0.6 is 11.6 Å². The molecule has 1 fully saturated rings. The number of carbonyl (C=O) groups excluding carboxylic acids is 1. The number of rotatable bonds is 7. The van der Waals surface area contributed by atoms with E-state index >= 15 is 0 Å². The molecule has 0 unspecified atom stereocenters. The molecular formula is C22H24ClN3O2. The minimum Gasteiger partial charge on any atom is -0.467 e. The number of benzene rings is 1. The normalized spacial score (nSPS) is 14.5. The molecule has 0 radical (unpaired) electrons. The van der Waals surface area contributed by atoms with Crippen LogP contribution in [0.15, 0.2) is 59.5 Å². The van der Waals surface area contributed by atoms with E-state index in [1.165, 1.54) is 0 Å². The quantitative estimate of drug-likeness (QED) is 0.570. The molecule has 1 saturated carbocycles. The van der Waals surface area contributed by atoms with Crippen LogP contribution in [0.1, 0.15) is 42.8 Å². The summed E-state index contributed by atoms with van der Waals surface area (Å²) >= 11 is 6.11. The molecule has 1 aliphatic rings. The van der Waals surface area contributed by atoms with Crippen LogP contribution in [0.3, 0.4) is 0 Å². The summed E-state index contributed by atoms with van der Waals surface area (Å²) in [6.45, 7) is 1.60. The summed E-state index contributed by atoms with van der Waals surface area (Å²) in [5.41, 5.74) is 1.10. The molecule has 2 aromatic heterocycles. The Labute approximate surface area is 169 Å². The van der Waals surface area contributed by atoms with E-state index in [0.717, 1.165) is 47.9 Å². The van der Waals surface area contributed by atoms with E-state index < -0.39 is 0 Å². The molecule has 0 N–H and O–H groups in total. The van der Waals surface area contributed by atoms with E-state index in [2.05, 4.69) is 9.55 Å². The third-order valence-electron chi connectivity index (χ3n) is 5.32. The largest absolute Gasteiger partial charge is 0.467 e. The number of hydrogen-bond donors (Lipinski definition) is 0. The summed E-state index contributed by atoms with van der Waals surface area (Å²) in [6, 6.07) is 11.6. The number of amides is 1. The maximum absolute atomic E-state index is 13.1. The second-order valence-corrected chi connectivity index (χ2v) is 7.79. The topological polar surface area (TPSA) is 51.3 Å². The summed E-state index contributed by atoms with van der Waals surface area (Å²) in [5.74, 6) is 1.97. The van der Waals surface area contributed by atoms with Gasteiger partial charge in [-0.2, -0.15) is 0 Å². The molecule has 3 aromatic rings. The molecule has 146 valence electrons. The highest BCUT2D eigenvalue weighted by Crippen LogP contribution is 2.28. The number of nitrogens with zero attached hydrogens (tertiary/aromatic N) is 3. The highest BCUT2D eigenvalue weighted by Gasteiger charge is 2.28. The standard InChI is InChI=1S/C22H24ClN3O2/c23-19-8-3-5-17(13-19)14-25-11-10-24-21(25)16-26(15-20-9-4-12-28-20)22(27)18-6-1-2-7-18/h3-5,8-13,18H,1-2,6-7,14-16H2. The summed E-state index contributed by atoms with van der Waals surface area (Å²) in [6.07, 6.45) is 9.59. The third-order valence-corrected chi connectivity index (χ3v) is 5.55. The summed E-state index contributed by atoms with van der Waals surface area (Å²) in [4.78, 5) is 19.5. The number of halogens is 1. The monoisotopic (exact) mass is 397 g/mol. The smallest absolute Gasteiger partial charge is 0.226 e. The van der Waals surface area contributed by atoms with Crippen molar-refractivity contribution in [2.24, 2.45) is 5.92 Å². The van der Waals surface area contributed by atoms with Crippen LogP contribution < -0.4 is 0 Å². The first-order chi connectivity index (χ1) is 13.7. The molecule has 5 nitrogen and oxygen atoms in total. The molecule has 6 heteroatoms. The molecule has 0 bridgehead atoms. The zero-order chi connectivity index (χ0) is 19.3. The van der Waals surface area contributed by atoms with Crippen LogP contribution in [0.2, 0.25) is 5.02 Å². The van der Waals surface area contributed by atoms with Gasteiger partial charge < -0.3 is 13.9 Å². The van der Waals surface area contributed by atoms with E-state index in [1.807, 2.05) is 47.5 Å². The first-order valence-electron chi connectivity index (χ1n) is 9.74. The van der Waals surface area contributed by atoms with Crippen molar-refractivity contribution in [3.05, 3.63) is 77.2 Å². The summed E-state index contributed by atoms with van der Waals surface area (Å²) in [5, 5.41) is 0.718. The van der Waals surface area contributed by atoms with E-state index in [4.69, 9.17) is 16.0 Å². The molecule has 28 heavy (non-hydrogen) atoms. The lowest BCUT2D eigenvalue weighted by molar-refractivity contribution is -0.137. The van der Waals surface area contributed by atoms with Gasteiger partial charge in [-0.05, 0) is 42.7 Å². The Morgan fingerprint density at radius 3 is 2.82 bits per heavy atom. The average Bonchev–Trinajstić information content (AvgIpc) is 3.45. The lowest BCUT2D eigenvalue weighted by Gasteiger charge is -2.25. The lowest BCUT2D eigenvalue weighted by atomic mass is 10.1. The molecule has 0 aliphatic heterocycles. The van der Waals surface area contributed by atoms with Gasteiger partial charge in [-0.15, -0.1) is 0 Å². The molecule has 0 atom stereocenters. The van der Waals surface area contributed by atoms with Gasteiger partial charge in [-0.3, -0.25) is 4.79 Å². The zero-order valence-corrected chi connectivity index (χ0v) is 16.5. The Balaban J connectivity index is 1.53. The summed E-state index contributed by atoms with van der Waals surface area (Å²) < 4.78 is 7.57. The average molecular weight is 398 g/mol. The minimum absolute atomic E-state index is 0.117. The molecule has 1 aromatic carbocycles. The SMILES string of the molecule is O=C(C1CCCC1)N(Cc1ccco1)Cc1nccn1Cc1cccc(Cl)c1. The Bertz CT molecular complexity index is 914. The molecule has 1 aliphatic carbocycles. The number of aromatic nitrogens is 2. The fourth-order valence-electron chi connectivity index (χ4n) is 3.87. The van der Waals surface area contributed by atoms with Crippen LogP contribution in [0.4, 0.5) is 0 Å². The van der Waals surface area contributed by atoms with Crippen molar-refractivity contribution in [1.82, 2.24) is 14.5 Å². The van der Waals surface area contributed by atoms with Crippen LogP contribution in [-0.2, 0) is 24.4 Å². The van der Waals surface area contributed by atoms with E-state index in [-0.39, 0.29) is 11.8 Å². The van der Waals surface area contributed by atoms with Crippen LogP contribution in [0.5, 0.6) is 0 Å². The Kier molecular flexibility index (Phi) is 5.81. The van der Waals surface area contributed by atoms with Crippen molar-refractivity contribution in [2.75, 3.05) is 0 Å². The van der Waals surface area contributed by atoms with Gasteiger partial charge in [-0.25, -0.2) is 4.98 Å². The first kappa shape index (κ1) is 18.8. The molecule has 1 amide bonds. The van der Waals surface area contributed by atoms with E-state index in [1.54, 1.807) is 12.5 Å². The third kappa shape index (κ3) is 4.47. The predicted octanol–water partition coefficient (Wildman–Crippen LogP) is 4.90. The van der Waals surface area contributed by atoms with Crippen molar-refractivity contribution >= 4 is 17.5 Å². The maximum atomic E-state index is 13.1. The van der Waals surface area contributed by atoms with Crippen LogP contribution in [0, 0.1) is 5.92 Å². The fraction of sp³-hybridized carbons (Fsp3) is 0.364. The summed E-state index contributed by atoms with van der Waals surface area (Å²) in [7, 11) is 0. The van der Waals surface area contributed by atoms with Crippen molar-refractivity contribution in [3.8, 4) is 0 Å². The Morgan fingerprint density at radius 2 is 2.07 bits per heavy atom. The van der Waals surface area contributed by atoms with Gasteiger partial charge in [0.25, 0.3) is 0 Å². The van der Waals surface area contributed by atoms with Gasteiger partial charge >= 0.3 is 0 Å². The minimum atomic E-state index is 0.117. The number of furan rings is 1. The van der Waals surface area contributed by atoms with Gasteiger partial charge in [0.1, 0.15) is 11.6 Å². The van der Waals surface area contributed by atoms with Crippen molar-refractivity contribution in [2.45, 2.75) is 45.3 Å². The van der Waals surface area contributed by atoms with Crippen LogP contribution in [-0.4, -0.2) is 20.4 Å². The van der Waals surface area contributed by atoms with Crippen LogP contribution in [0.25, 0.3) is 0 Å². The highest BCUT2D eigenvalue weighted by atomic mass is 35.5. The van der Waals surface area contributed by atoms with Gasteiger partial charge in [0, 0.05) is 29.9 Å². The number of imidazole rings is 1. The first-order valence-corrected chi connectivity index (χ1v) is 10.1. The second-order valence-electron chi connectivity index (χ2n) is 7.36. The molecule has 0 saturated heterocycles. The van der Waals surface area contributed by atoms with Crippen molar-refractivity contribution < 1.29 is 9.21 Å². The van der Waals surface area contributed by atoms with Gasteiger partial charge in [0.05, 0.1) is 19.4 Å². The van der Waals surface area contributed by atoms with Gasteiger partial charge in [0.2, 0.25) is 5.91 Å². The van der Waals surface area contributed by atoms with Gasteiger partial charge in [-0.1, -0.05) is 36.6 Å². The van der Waals surface area contributed by atoms with Crippen molar-refractivity contribution in [1.29, 1.82) is 0 Å². The fourth-order valence-corrected chi connectivity index (χ4v) is 4.08. The van der Waals surface area contributed by atoms with Crippen molar-refractivity contribution in [3.63, 3.8) is 0 Å². The highest BCUT2D eigenvalue weighted by molar-refractivity contribution is 6.30. The molecular weight excluding hydrogens is 374 g/mol. The van der Waals surface area contributed by atoms with E-state index in [0.29, 0.717) is 19.6 Å². The molecule has 0 spiro atoms. The Morgan fingerprint density at radius 1 is 1.21 bits per heavy atom. The number of hydrogen-bond acceptors (Lipinski definition) is 3. The van der Waals surface area contributed by atoms with Gasteiger partial charge in [0.15, 0.2) is 0 Å².